The average molecular weight is 1300 g/mol. The number of hydrogen-bond acceptors (Lipinski definition) is 2. The molecule has 0 saturated carbocycles. The highest BCUT2D eigenvalue weighted by Gasteiger charge is 2.56. The lowest BCUT2D eigenvalue weighted by Crippen LogP contribution is -2.28. The van der Waals surface area contributed by atoms with Gasteiger partial charge < -0.3 is 9.80 Å². The number of nitrogens with zero attached hydrogens (tertiary/aromatic N) is 2. The summed E-state index contributed by atoms with van der Waals surface area (Å²) in [4.78, 5) is 5.14. The minimum atomic E-state index is -0.544. The van der Waals surface area contributed by atoms with Crippen LogP contribution in [0.5, 0.6) is 0 Å². The third kappa shape index (κ3) is 12.5. The summed E-state index contributed by atoms with van der Waals surface area (Å²) in [6.07, 6.45) is 1.94. The van der Waals surface area contributed by atoms with Crippen LogP contribution < -0.4 is 9.80 Å². The van der Waals surface area contributed by atoms with Crippen molar-refractivity contribution in [3.05, 3.63) is 297 Å². The minimum absolute atomic E-state index is 0.544. The van der Waals surface area contributed by atoms with Crippen LogP contribution in [-0.4, -0.2) is 13.1 Å². The zero-order valence-corrected chi connectivity index (χ0v) is 64.7. The number of rotatable bonds is 6. The van der Waals surface area contributed by atoms with Crippen LogP contribution in [0.4, 0.5) is 22.7 Å². The molecule has 0 unspecified atom stereocenters. The van der Waals surface area contributed by atoms with Crippen LogP contribution in [0.1, 0.15) is 233 Å². The molecule has 11 aromatic carbocycles. The van der Waals surface area contributed by atoms with Gasteiger partial charge in [0.15, 0.2) is 0 Å². The van der Waals surface area contributed by atoms with E-state index in [9.17, 15) is 0 Å². The van der Waals surface area contributed by atoms with Crippen molar-refractivity contribution in [1.82, 2.24) is 0 Å². The van der Waals surface area contributed by atoms with Crippen molar-refractivity contribution in [2.75, 3.05) is 22.9 Å². The summed E-state index contributed by atoms with van der Waals surface area (Å²) in [5, 5.41) is 0. The van der Waals surface area contributed by atoms with E-state index in [0.717, 1.165) is 25.9 Å². The molecule has 11 aromatic rings. The Morgan fingerprint density at radius 1 is 0.224 bits per heavy atom. The van der Waals surface area contributed by atoms with E-state index in [1.54, 1.807) is 0 Å². The first kappa shape index (κ1) is 78.0. The summed E-state index contributed by atoms with van der Waals surface area (Å²) in [5.41, 5.74) is 36.5. The van der Waals surface area contributed by atoms with Crippen molar-refractivity contribution >= 4 is 22.7 Å². The SMILES string of the molecule is CC.CC.CC.CC.CC.CC.CC.CC.CC.CC.CC.CCN(c1ccc2c(c1)C1(c3ccccc3-c3ccccc31)c1cc3c(cc1-2)C1(c2ccccc2-c2ccccc21)c1cc(N(CC)c2cccc4c2-c2ccccc2C4)ccc1-3)c1cccc2c1-c1ccccc1C2. The molecule has 0 aromatic heterocycles. The molecule has 0 saturated heterocycles. The van der Waals surface area contributed by atoms with Crippen molar-refractivity contribution in [1.29, 1.82) is 0 Å². The fourth-order valence-electron chi connectivity index (χ4n) is 15.8. The first-order valence-corrected chi connectivity index (χ1v) is 38.4. The van der Waals surface area contributed by atoms with Gasteiger partial charge in [-0.1, -0.05) is 334 Å². The van der Waals surface area contributed by atoms with Crippen LogP contribution in [0, 0.1) is 0 Å². The lowest BCUT2D eigenvalue weighted by molar-refractivity contribution is 0.782. The van der Waals surface area contributed by atoms with Gasteiger partial charge in [0.1, 0.15) is 0 Å². The van der Waals surface area contributed by atoms with Crippen molar-refractivity contribution < 1.29 is 0 Å². The van der Waals surface area contributed by atoms with E-state index in [-0.39, 0.29) is 0 Å². The standard InChI is InChI=1S/C74H52N2.11C2H6/c1-3-75(69-33-17-21-47-39-45-19-5-7-23-51(45)71(47)69)49-35-37-57-59-43-68-60(44-67(59)73(65(57)41-49)61-29-13-9-25-53(61)54-26-10-14-30-62(54)73)58-38-36-50(76(4-2)70-34-18-22-48-40-46-20-6-8-24-52(46)72(48)70)42-66(58)74(68)63-31-15-11-27-55(63)56-28-12-16-32-64(56)74;11*1-2/h5-38,41-44H,3-4,39-40H2,1-2H3;11*1-2H3. The maximum atomic E-state index is 2.66. The summed E-state index contributed by atoms with van der Waals surface area (Å²) >= 11 is 0. The quantitative estimate of drug-likeness (QED) is 0.164. The van der Waals surface area contributed by atoms with Gasteiger partial charge in [-0.2, -0.15) is 0 Å². The molecule has 0 fully saturated rings. The van der Waals surface area contributed by atoms with Gasteiger partial charge in [0.2, 0.25) is 0 Å². The Hall–Kier alpha value is -8.98. The molecule has 98 heavy (non-hydrogen) atoms. The molecule has 6 aliphatic rings. The van der Waals surface area contributed by atoms with Crippen LogP contribution in [0.25, 0.3) is 66.8 Å². The molecular weight excluding hydrogens is 1180 g/mol. The first-order chi connectivity index (χ1) is 48.6. The van der Waals surface area contributed by atoms with Crippen LogP contribution in [0.2, 0.25) is 0 Å². The van der Waals surface area contributed by atoms with E-state index >= 15 is 0 Å². The van der Waals surface area contributed by atoms with Crippen molar-refractivity contribution in [2.45, 2.75) is 190 Å². The Bertz CT molecular complexity index is 3990. The molecule has 6 aliphatic carbocycles. The van der Waals surface area contributed by atoms with Crippen molar-refractivity contribution in [3.8, 4) is 66.8 Å². The Morgan fingerprint density at radius 2 is 0.469 bits per heavy atom. The number of fused-ring (bicyclic) bond motifs is 26. The lowest BCUT2D eigenvalue weighted by Gasteiger charge is -2.33. The zero-order chi connectivity index (χ0) is 72.0. The molecule has 2 nitrogen and oxygen atoms in total. The van der Waals surface area contributed by atoms with Gasteiger partial charge in [-0.15, -0.1) is 0 Å². The lowest BCUT2D eigenvalue weighted by atomic mass is 9.68. The van der Waals surface area contributed by atoms with E-state index in [0.29, 0.717) is 0 Å². The molecule has 17 rings (SSSR count). The summed E-state index contributed by atoms with van der Waals surface area (Å²) in [5.74, 6) is 0. The Labute approximate surface area is 595 Å². The van der Waals surface area contributed by atoms with E-state index in [4.69, 9.17) is 0 Å². The van der Waals surface area contributed by atoms with Gasteiger partial charge in [-0.05, 0) is 198 Å². The van der Waals surface area contributed by atoms with Crippen LogP contribution in [-0.2, 0) is 23.7 Å². The minimum Gasteiger partial charge on any atom is -0.341 e. The fraction of sp³-hybridized carbons (Fsp3) is 0.312. The summed E-state index contributed by atoms with van der Waals surface area (Å²) < 4.78 is 0. The first-order valence-electron chi connectivity index (χ1n) is 38.4. The maximum absolute atomic E-state index is 2.66. The number of hydrogen-bond donors (Lipinski definition) is 0. The fourth-order valence-corrected chi connectivity index (χ4v) is 15.8. The Balaban J connectivity index is 0.000000632. The van der Waals surface area contributed by atoms with Crippen LogP contribution >= 0.6 is 0 Å². The second-order valence-corrected chi connectivity index (χ2v) is 21.9. The predicted octanol–water partition coefficient (Wildman–Crippen LogP) is 29.1. The van der Waals surface area contributed by atoms with Gasteiger partial charge in [-0.3, -0.25) is 0 Å². The van der Waals surface area contributed by atoms with Gasteiger partial charge in [-0.25, -0.2) is 0 Å². The molecule has 512 valence electrons. The number of benzene rings is 11. The van der Waals surface area contributed by atoms with Crippen LogP contribution in [0.3, 0.4) is 0 Å². The van der Waals surface area contributed by atoms with E-state index < -0.39 is 10.8 Å². The molecule has 0 aliphatic heterocycles. The second kappa shape index (κ2) is 36.6. The molecule has 2 spiro atoms. The molecule has 0 amide bonds. The van der Waals surface area contributed by atoms with E-state index in [1.807, 2.05) is 152 Å². The van der Waals surface area contributed by atoms with Gasteiger partial charge in [0, 0.05) is 47.0 Å². The Morgan fingerprint density at radius 3 is 0.765 bits per heavy atom. The third-order valence-corrected chi connectivity index (χ3v) is 18.7. The zero-order valence-electron chi connectivity index (χ0n) is 64.7. The number of anilines is 4. The Kier molecular flexibility index (Phi) is 29.1. The molecule has 2 heteroatoms. The maximum Gasteiger partial charge on any atom is 0.0726 e. The second-order valence-electron chi connectivity index (χ2n) is 21.9. The van der Waals surface area contributed by atoms with E-state index in [1.165, 1.54) is 156 Å². The topological polar surface area (TPSA) is 6.48 Å². The normalized spacial score (nSPS) is 12.0. The van der Waals surface area contributed by atoms with Gasteiger partial charge >= 0.3 is 0 Å². The highest BCUT2D eigenvalue weighted by molar-refractivity contribution is 6.03. The summed E-state index contributed by atoms with van der Waals surface area (Å²) in [6.45, 7) is 50.3. The van der Waals surface area contributed by atoms with Crippen molar-refractivity contribution in [3.63, 3.8) is 0 Å². The monoisotopic (exact) mass is 1300 g/mol. The van der Waals surface area contributed by atoms with Crippen molar-refractivity contribution in [2.24, 2.45) is 0 Å². The molecular formula is C96H118N2. The molecule has 0 bridgehead atoms. The average Bonchev–Trinajstić information content (AvgIpc) is 1.49. The van der Waals surface area contributed by atoms with Gasteiger partial charge in [0.05, 0.1) is 10.8 Å². The molecule has 0 atom stereocenters. The summed E-state index contributed by atoms with van der Waals surface area (Å²) in [6, 6.07) is 89.3. The predicted molar refractivity (Wildman–Crippen MR) is 439 cm³/mol. The smallest absolute Gasteiger partial charge is 0.0726 e. The summed E-state index contributed by atoms with van der Waals surface area (Å²) in [7, 11) is 0. The highest BCUT2D eigenvalue weighted by atomic mass is 15.1. The molecule has 0 N–H and O–H groups in total. The molecule has 0 radical (unpaired) electrons. The van der Waals surface area contributed by atoms with Crippen LogP contribution in [0.15, 0.2) is 231 Å². The molecule has 0 heterocycles. The largest absolute Gasteiger partial charge is 0.341 e. The van der Waals surface area contributed by atoms with E-state index in [2.05, 4.69) is 254 Å². The van der Waals surface area contributed by atoms with Gasteiger partial charge in [0.25, 0.3) is 0 Å². The third-order valence-electron chi connectivity index (χ3n) is 18.7. The highest BCUT2D eigenvalue weighted by Crippen LogP contribution is 2.69.